The van der Waals surface area contributed by atoms with Crippen molar-refractivity contribution in [3.05, 3.63) is 64.2 Å². The molecule has 0 saturated carbocycles. The summed E-state index contributed by atoms with van der Waals surface area (Å²) in [6.45, 7) is 0. The minimum Gasteiger partial charge on any atom is -0.545 e. The van der Waals surface area contributed by atoms with Crippen LogP contribution >= 0.6 is 11.6 Å². The van der Waals surface area contributed by atoms with E-state index >= 15 is 0 Å². The topological polar surface area (TPSA) is 95.5 Å². The summed E-state index contributed by atoms with van der Waals surface area (Å²) in [4.78, 5) is 35.4. The second kappa shape index (κ2) is 6.33. The Morgan fingerprint density at radius 3 is 2.71 bits per heavy atom. The van der Waals surface area contributed by atoms with Crippen LogP contribution in [0.3, 0.4) is 0 Å². The lowest BCUT2D eigenvalue weighted by atomic mass is 9.98. The van der Waals surface area contributed by atoms with E-state index in [9.17, 15) is 19.5 Å². The van der Waals surface area contributed by atoms with Crippen LogP contribution in [0, 0.1) is 0 Å². The molecule has 1 aliphatic heterocycles. The highest BCUT2D eigenvalue weighted by atomic mass is 35.5. The highest BCUT2D eigenvalue weighted by Gasteiger charge is 2.31. The zero-order valence-electron chi connectivity index (χ0n) is 12.2. The van der Waals surface area contributed by atoms with Gasteiger partial charge in [0.2, 0.25) is 0 Å². The number of amides is 1. The molecule has 0 bridgehead atoms. The number of carboxylic acids is 1. The molecule has 7 heteroatoms. The highest BCUT2D eigenvalue weighted by Crippen LogP contribution is 2.25. The summed E-state index contributed by atoms with van der Waals surface area (Å²) in [5.41, 5.74) is 0.895. The van der Waals surface area contributed by atoms with E-state index in [2.05, 4.69) is 5.32 Å². The van der Waals surface area contributed by atoms with Gasteiger partial charge in [-0.05, 0) is 23.8 Å². The fraction of sp³-hybridized carbons (Fsp3) is 0.118. The predicted molar refractivity (Wildman–Crippen MR) is 83.8 cm³/mol. The molecule has 1 heterocycles. The van der Waals surface area contributed by atoms with Gasteiger partial charge in [0.25, 0.3) is 5.91 Å². The molecule has 0 fully saturated rings. The van der Waals surface area contributed by atoms with E-state index in [1.54, 1.807) is 18.2 Å². The number of hydrogen-bond acceptors (Lipinski definition) is 5. The number of carboxylic acid groups (broad SMARTS) is 1. The number of ether oxygens (including phenoxy) is 1. The van der Waals surface area contributed by atoms with Crippen LogP contribution in [0.1, 0.15) is 26.3 Å². The Morgan fingerprint density at radius 2 is 1.96 bits per heavy atom. The molecule has 1 atom stereocenters. The molecule has 6 nitrogen and oxygen atoms in total. The Hall–Kier alpha value is -2.86. The smallest absolute Gasteiger partial charge is 0.339 e. The first kappa shape index (κ1) is 16.0. The van der Waals surface area contributed by atoms with E-state index in [0.29, 0.717) is 16.1 Å². The van der Waals surface area contributed by atoms with Gasteiger partial charge < -0.3 is 20.0 Å². The molecule has 1 amide bonds. The summed E-state index contributed by atoms with van der Waals surface area (Å²) in [6.07, 6.45) is -0.877. The van der Waals surface area contributed by atoms with Crippen molar-refractivity contribution in [3.63, 3.8) is 0 Å². The van der Waals surface area contributed by atoms with Crippen molar-refractivity contribution >= 4 is 35.1 Å². The largest absolute Gasteiger partial charge is 0.545 e. The van der Waals surface area contributed by atoms with Crippen LogP contribution < -0.4 is 10.4 Å². The number of carbonyl (C=O) groups excluding carboxylic acids is 3. The number of cyclic esters (lactones) is 1. The van der Waals surface area contributed by atoms with Crippen LogP contribution in [0.25, 0.3) is 0 Å². The fourth-order valence-corrected chi connectivity index (χ4v) is 2.65. The molecule has 2 aromatic rings. The number of rotatable bonds is 3. The first-order valence-electron chi connectivity index (χ1n) is 7.06. The number of esters is 1. The van der Waals surface area contributed by atoms with E-state index < -0.39 is 23.9 Å². The van der Waals surface area contributed by atoms with Gasteiger partial charge in [0.05, 0.1) is 11.5 Å². The number of aromatic carboxylic acids is 1. The summed E-state index contributed by atoms with van der Waals surface area (Å²) in [6, 6.07) is 10.6. The molecule has 1 aliphatic rings. The standard InChI is InChI=1S/C17H12ClNO5/c18-10-6-5-9-7-14(24-17(23)12(9)8-10)15(20)19-13-4-2-1-3-11(13)16(21)22/h1-6,8,14H,7H2,(H,19,20)(H,21,22)/p-1/t14-/m0/s1. The van der Waals surface area contributed by atoms with Gasteiger partial charge in [0, 0.05) is 22.7 Å². The molecule has 3 rings (SSSR count). The zero-order valence-corrected chi connectivity index (χ0v) is 13.0. The summed E-state index contributed by atoms with van der Waals surface area (Å²) in [7, 11) is 0. The maximum Gasteiger partial charge on any atom is 0.339 e. The Labute approximate surface area is 142 Å². The molecular weight excluding hydrogens is 334 g/mol. The zero-order chi connectivity index (χ0) is 17.3. The monoisotopic (exact) mass is 344 g/mol. The molecule has 0 unspecified atom stereocenters. The van der Waals surface area contributed by atoms with Gasteiger partial charge in [-0.15, -0.1) is 0 Å². The highest BCUT2D eigenvalue weighted by molar-refractivity contribution is 6.31. The van der Waals surface area contributed by atoms with E-state index in [1.165, 1.54) is 24.3 Å². The Bertz CT molecular complexity index is 849. The van der Waals surface area contributed by atoms with Gasteiger partial charge in [-0.1, -0.05) is 35.9 Å². The van der Waals surface area contributed by atoms with E-state index in [0.717, 1.165) is 0 Å². The van der Waals surface area contributed by atoms with Crippen molar-refractivity contribution in [2.75, 3.05) is 5.32 Å². The average molecular weight is 345 g/mol. The van der Waals surface area contributed by atoms with Crippen molar-refractivity contribution < 1.29 is 24.2 Å². The number of para-hydroxylation sites is 1. The lowest BCUT2D eigenvalue weighted by molar-refractivity contribution is -0.254. The van der Waals surface area contributed by atoms with Crippen LogP contribution in [-0.2, 0) is 16.0 Å². The summed E-state index contributed by atoms with van der Waals surface area (Å²) >= 11 is 5.85. The molecule has 0 aliphatic carbocycles. The predicted octanol–water partition coefficient (Wildman–Crippen LogP) is 1.42. The van der Waals surface area contributed by atoms with Crippen LogP contribution in [0.4, 0.5) is 5.69 Å². The van der Waals surface area contributed by atoms with Crippen molar-refractivity contribution in [2.45, 2.75) is 12.5 Å². The number of halogens is 1. The summed E-state index contributed by atoms with van der Waals surface area (Å²) in [5.74, 6) is -2.67. The third kappa shape index (κ3) is 3.09. The van der Waals surface area contributed by atoms with E-state index in [-0.39, 0.29) is 17.7 Å². The van der Waals surface area contributed by atoms with Gasteiger partial charge in [-0.25, -0.2) is 4.79 Å². The van der Waals surface area contributed by atoms with Crippen LogP contribution in [-0.4, -0.2) is 23.9 Å². The number of hydrogen-bond donors (Lipinski definition) is 1. The Balaban J connectivity index is 1.81. The first-order chi connectivity index (χ1) is 11.5. The second-order valence-electron chi connectivity index (χ2n) is 5.22. The summed E-state index contributed by atoms with van der Waals surface area (Å²) < 4.78 is 5.13. The molecule has 0 spiro atoms. The second-order valence-corrected chi connectivity index (χ2v) is 5.66. The van der Waals surface area contributed by atoms with Gasteiger partial charge in [-0.2, -0.15) is 0 Å². The van der Waals surface area contributed by atoms with Crippen molar-refractivity contribution in [2.24, 2.45) is 0 Å². The van der Waals surface area contributed by atoms with Crippen molar-refractivity contribution in [1.29, 1.82) is 0 Å². The minimum absolute atomic E-state index is 0.0838. The molecule has 24 heavy (non-hydrogen) atoms. The number of fused-ring (bicyclic) bond motifs is 1. The van der Waals surface area contributed by atoms with Crippen molar-refractivity contribution in [1.82, 2.24) is 0 Å². The first-order valence-corrected chi connectivity index (χ1v) is 7.44. The van der Waals surface area contributed by atoms with Crippen LogP contribution in [0.5, 0.6) is 0 Å². The summed E-state index contributed by atoms with van der Waals surface area (Å²) in [5, 5.41) is 13.9. The van der Waals surface area contributed by atoms with Crippen LogP contribution in [0.2, 0.25) is 5.02 Å². The number of carbonyl (C=O) groups is 3. The quantitative estimate of drug-likeness (QED) is 0.850. The van der Waals surface area contributed by atoms with E-state index in [1.807, 2.05) is 0 Å². The maximum atomic E-state index is 12.3. The molecule has 0 aromatic heterocycles. The van der Waals surface area contributed by atoms with Gasteiger partial charge in [0.1, 0.15) is 0 Å². The van der Waals surface area contributed by atoms with Crippen LogP contribution in [0.15, 0.2) is 42.5 Å². The Kier molecular flexibility index (Phi) is 4.22. The third-order valence-electron chi connectivity index (χ3n) is 3.64. The molecule has 2 aromatic carbocycles. The maximum absolute atomic E-state index is 12.3. The normalized spacial score (nSPS) is 16.0. The molecule has 0 radical (unpaired) electrons. The number of nitrogens with one attached hydrogen (secondary N) is 1. The number of anilines is 1. The van der Waals surface area contributed by atoms with Crippen molar-refractivity contribution in [3.8, 4) is 0 Å². The third-order valence-corrected chi connectivity index (χ3v) is 3.88. The minimum atomic E-state index is -1.41. The average Bonchev–Trinajstić information content (AvgIpc) is 2.55. The van der Waals surface area contributed by atoms with Gasteiger partial charge in [0.15, 0.2) is 6.10 Å². The fourth-order valence-electron chi connectivity index (χ4n) is 2.48. The number of benzene rings is 2. The SMILES string of the molecule is O=C1O[C@H](C(=O)Nc2ccccc2C(=O)[O-])Cc2ccc(Cl)cc21. The van der Waals surface area contributed by atoms with Gasteiger partial charge >= 0.3 is 5.97 Å². The van der Waals surface area contributed by atoms with E-state index in [4.69, 9.17) is 16.3 Å². The Morgan fingerprint density at radius 1 is 1.21 bits per heavy atom. The molecular formula is C17H11ClNO5-. The molecule has 1 N–H and O–H groups in total. The van der Waals surface area contributed by atoms with Gasteiger partial charge in [-0.3, -0.25) is 4.79 Å². The lowest BCUT2D eigenvalue weighted by Gasteiger charge is -2.24. The molecule has 122 valence electrons. The molecule has 0 saturated heterocycles. The lowest BCUT2D eigenvalue weighted by Crippen LogP contribution is -2.38.